The first-order chi connectivity index (χ1) is 39.4. The Hall–Kier alpha value is -6.28. The zero-order valence-electron chi connectivity index (χ0n) is 47.6. The van der Waals surface area contributed by atoms with Crippen LogP contribution in [0.3, 0.4) is 0 Å². The fraction of sp³-hybridized carbons (Fsp3) is 0.426. The molecule has 0 radical (unpaired) electrons. The normalized spacial score (nSPS) is 20.9. The van der Waals surface area contributed by atoms with Crippen LogP contribution in [0.5, 0.6) is 11.5 Å². The third-order valence-corrected chi connectivity index (χ3v) is 19.4. The average Bonchev–Trinajstić information content (AvgIpc) is 1.20. The second-order valence-corrected chi connectivity index (χ2v) is 27.6. The number of amides is 3. The largest absolute Gasteiger partial charge is 0.488 e. The van der Waals surface area contributed by atoms with E-state index in [1.807, 2.05) is 24.3 Å². The van der Waals surface area contributed by atoms with Crippen molar-refractivity contribution in [2.45, 2.75) is 104 Å². The monoisotopic (exact) mass is 1240 g/mol. The molecule has 2 unspecified atom stereocenters. The number of aliphatic hydroxyl groups is 1. The topological polar surface area (TPSA) is 345 Å². The molecule has 0 bridgehead atoms. The summed E-state index contributed by atoms with van der Waals surface area (Å²) in [7, 11) is -9.54. The number of nitrogen functional groups attached to an aromatic ring is 1. The molecule has 9 N–H and O–H groups in total. The van der Waals surface area contributed by atoms with Crippen LogP contribution in [0.25, 0.3) is 27.9 Å². The van der Waals surface area contributed by atoms with Gasteiger partial charge in [-0.25, -0.2) is 37.8 Å². The molecule has 4 aliphatic rings. The molecule has 5 aromatic rings. The average molecular weight is 1240 g/mol. The Balaban J connectivity index is 0.860. The van der Waals surface area contributed by atoms with Crippen molar-refractivity contribution in [3.63, 3.8) is 0 Å². The van der Waals surface area contributed by atoms with E-state index in [1.54, 1.807) is 11.9 Å². The van der Waals surface area contributed by atoms with Crippen molar-refractivity contribution in [1.82, 2.24) is 39.6 Å². The number of aliphatic hydroxyl groups excluding tert-OH is 1. The molecule has 3 amide bonds. The van der Waals surface area contributed by atoms with Crippen LogP contribution in [0.4, 0.5) is 16.3 Å². The SMILES string of the molecule is CCN1c2cc3c(cc2C(C)=CC1(C)C)C(c1ccccc1C(=O)N(C)CCCC(=O)NCCNC(=O)O[C@@H]1[C@H](O)[C@@H](COP(=O)(O)OP(=O)(O)OP(O)(O)=S)O[C@H]1n1cnc2c(N)ncnc21)=c1cc2c(cc1O3)=[N+](CC)C(C)(C)C=C2C. The van der Waals surface area contributed by atoms with Crippen molar-refractivity contribution in [3.05, 3.63) is 112 Å². The number of nitrogens with zero attached hydrogens (tertiary/aromatic N) is 7. The zero-order chi connectivity index (χ0) is 61.0. The molecule has 30 heteroatoms. The van der Waals surface area contributed by atoms with E-state index in [2.05, 4.69) is 147 Å². The molecule has 3 aromatic carbocycles. The number of imidazole rings is 1. The first-order valence-corrected chi connectivity index (χ1v) is 32.5. The minimum atomic E-state index is -5.67. The maximum Gasteiger partial charge on any atom is 0.488 e. The van der Waals surface area contributed by atoms with Gasteiger partial charge in [0, 0.05) is 98.3 Å². The van der Waals surface area contributed by atoms with E-state index in [9.17, 15) is 48.2 Å². The number of carbonyl (C=O) groups is 3. The molecule has 2 aromatic heterocycles. The Bertz CT molecular complexity index is 3830. The number of fused-ring (bicyclic) bond motifs is 5. The summed E-state index contributed by atoms with van der Waals surface area (Å²) in [4.78, 5) is 95.5. The second kappa shape index (κ2) is 23.9. The molecular weight excluding hydrogens is 1170 g/mol. The smallest absolute Gasteiger partial charge is 0.456 e. The molecule has 26 nitrogen and oxygen atoms in total. The molecule has 1 saturated heterocycles. The first kappa shape index (κ1) is 62.3. The van der Waals surface area contributed by atoms with Gasteiger partial charge in [-0.2, -0.15) is 4.31 Å². The molecule has 1 fully saturated rings. The number of rotatable bonds is 20. The van der Waals surface area contributed by atoms with Crippen LogP contribution in [0.2, 0.25) is 0 Å². The predicted molar refractivity (Wildman–Crippen MR) is 314 cm³/mol. The fourth-order valence-electron chi connectivity index (χ4n) is 11.5. The number of benzene rings is 3. The Morgan fingerprint density at radius 1 is 0.893 bits per heavy atom. The molecule has 6 atom stereocenters. The van der Waals surface area contributed by atoms with Gasteiger partial charge in [-0.15, -0.1) is 0 Å². The van der Waals surface area contributed by atoms with Crippen molar-refractivity contribution in [1.29, 1.82) is 0 Å². The minimum absolute atomic E-state index is 0.0249. The molecular formula is C54H68N10O16P3S+. The highest BCUT2D eigenvalue weighted by Gasteiger charge is 2.50. The Labute approximate surface area is 488 Å². The fourth-order valence-corrected chi connectivity index (χ4v) is 15.3. The van der Waals surface area contributed by atoms with Crippen LogP contribution < -0.4 is 41.2 Å². The van der Waals surface area contributed by atoms with Crippen LogP contribution in [0.1, 0.15) is 107 Å². The molecule has 9 rings (SSSR count). The number of nitrogens with one attached hydrogen (secondary N) is 2. The number of hydrogen-bond donors (Lipinski definition) is 8. The van der Waals surface area contributed by atoms with Crippen LogP contribution in [-0.4, -0.2) is 143 Å². The predicted octanol–water partition coefficient (Wildman–Crippen LogP) is 4.97. The van der Waals surface area contributed by atoms with Crippen molar-refractivity contribution in [2.75, 3.05) is 57.0 Å². The van der Waals surface area contributed by atoms with Crippen LogP contribution in [0, 0.1) is 0 Å². The van der Waals surface area contributed by atoms with Crippen LogP contribution in [-0.2, 0) is 48.4 Å². The maximum atomic E-state index is 14.7. The molecule has 4 aliphatic heterocycles. The van der Waals surface area contributed by atoms with E-state index in [-0.39, 0.29) is 65.9 Å². The van der Waals surface area contributed by atoms with E-state index in [0.717, 1.165) is 74.7 Å². The molecule has 0 aliphatic carbocycles. The van der Waals surface area contributed by atoms with Crippen LogP contribution in [0.15, 0.2) is 73.3 Å². The number of hydrogen-bond acceptors (Lipinski definition) is 18. The lowest BCUT2D eigenvalue weighted by molar-refractivity contribution is -0.121. The number of carbonyl (C=O) groups excluding carboxylic acids is 3. The number of likely N-dealkylation sites (N-methyl/N-ethyl adjacent to an activating group) is 2. The highest BCUT2D eigenvalue weighted by atomic mass is 32.5. The Morgan fingerprint density at radius 2 is 1.61 bits per heavy atom. The quantitative estimate of drug-likeness (QED) is 0.0284. The summed E-state index contributed by atoms with van der Waals surface area (Å²) in [5, 5.41) is 18.5. The van der Waals surface area contributed by atoms with E-state index in [4.69, 9.17) is 24.5 Å². The number of phosphoric ester groups is 1. The van der Waals surface area contributed by atoms with Gasteiger partial charge in [0.1, 0.15) is 42.1 Å². The lowest BCUT2D eigenvalue weighted by atomic mass is 9.83. The zero-order valence-corrected chi connectivity index (χ0v) is 51.1. The lowest BCUT2D eigenvalue weighted by Gasteiger charge is -2.43. The van der Waals surface area contributed by atoms with Gasteiger partial charge in [-0.05, 0) is 101 Å². The van der Waals surface area contributed by atoms with Gasteiger partial charge in [-0.1, -0.05) is 24.3 Å². The number of alkyl carbamates (subject to hydrolysis) is 1. The number of anilines is 2. The number of aromatic nitrogens is 4. The van der Waals surface area contributed by atoms with Crippen molar-refractivity contribution < 1.29 is 75.5 Å². The first-order valence-electron chi connectivity index (χ1n) is 26.9. The summed E-state index contributed by atoms with van der Waals surface area (Å²) < 4.78 is 59.3. The Kier molecular flexibility index (Phi) is 17.7. The lowest BCUT2D eigenvalue weighted by Crippen LogP contribution is -2.49. The highest BCUT2D eigenvalue weighted by Crippen LogP contribution is 2.66. The van der Waals surface area contributed by atoms with E-state index in [1.165, 1.54) is 10.9 Å². The summed E-state index contributed by atoms with van der Waals surface area (Å²) in [5.41, 5.74) is 14.1. The van der Waals surface area contributed by atoms with E-state index >= 15 is 0 Å². The van der Waals surface area contributed by atoms with Gasteiger partial charge in [0.15, 0.2) is 29.3 Å². The molecule has 0 spiro atoms. The van der Waals surface area contributed by atoms with Crippen molar-refractivity contribution >= 4 is 91.5 Å². The summed E-state index contributed by atoms with van der Waals surface area (Å²) >= 11 is 4.11. The second-order valence-electron chi connectivity index (χ2n) is 21.7. The van der Waals surface area contributed by atoms with Gasteiger partial charge in [-0.3, -0.25) is 18.7 Å². The van der Waals surface area contributed by atoms with Gasteiger partial charge in [0.2, 0.25) is 11.3 Å². The third-order valence-electron chi connectivity index (χ3n) is 15.0. The van der Waals surface area contributed by atoms with Crippen molar-refractivity contribution in [3.8, 4) is 11.5 Å². The Morgan fingerprint density at radius 3 is 2.32 bits per heavy atom. The van der Waals surface area contributed by atoms with Crippen LogP contribution >= 0.6 is 22.4 Å². The highest BCUT2D eigenvalue weighted by molar-refractivity contribution is 8.08. The number of nitrogens with two attached hydrogens (primary N) is 1. The third kappa shape index (κ3) is 12.9. The summed E-state index contributed by atoms with van der Waals surface area (Å²) in [6.07, 6.45) is -0.392. The van der Waals surface area contributed by atoms with Crippen molar-refractivity contribution in [2.24, 2.45) is 0 Å². The summed E-state index contributed by atoms with van der Waals surface area (Å²) in [5.74, 6) is 0.744. The standard InChI is InChI=1S/C54H67N10O16P3S/c1-10-63-38-23-40-36(21-34(38)30(3)25-53(63,5)6)44(37-22-35-31(4)26-54(7,8)64(11-2)39(35)24-41(37)76-40)32-15-12-13-16-33(32)50(67)61(9)20-14-17-43(65)56-18-19-57-52(68)78-47-46(66)42(27-75-81(69,70)79-82(71,72)80-83(73,74)84)77-51(47)62-29-60-45-48(55)58-28-59-49(45)62/h12-13,15-16,21-26,28-29,42,46-47,51,66H,10-11,14,17-20,27H2,1-9H3,(H7-,55,56,57,58,59,65,68,69,70,71,72,73,74,84)/p+1/t42-,46-,47-,51-/m1/s1. The van der Waals surface area contributed by atoms with E-state index < -0.39 is 59.6 Å². The number of ether oxygens (including phenoxy) is 3. The molecule has 84 heavy (non-hydrogen) atoms. The molecule has 450 valence electrons. The number of allylic oxidation sites excluding steroid dienone is 2. The van der Waals surface area contributed by atoms with Gasteiger partial charge < -0.3 is 65.1 Å². The summed E-state index contributed by atoms with van der Waals surface area (Å²) in [6.45, 7) is 13.1. The van der Waals surface area contributed by atoms with Gasteiger partial charge >= 0.3 is 28.5 Å². The van der Waals surface area contributed by atoms with Gasteiger partial charge in [0.25, 0.3) is 5.91 Å². The molecule has 0 saturated carbocycles. The van der Waals surface area contributed by atoms with E-state index in [0.29, 0.717) is 23.5 Å². The molecule has 6 heterocycles. The van der Waals surface area contributed by atoms with Gasteiger partial charge in [0.05, 0.1) is 24.5 Å². The maximum absolute atomic E-state index is 14.7. The number of phosphoric acid groups is 2. The minimum Gasteiger partial charge on any atom is -0.456 e. The summed E-state index contributed by atoms with van der Waals surface area (Å²) in [6, 6.07) is 16.2.